The van der Waals surface area contributed by atoms with Gasteiger partial charge in [-0.3, -0.25) is 14.5 Å². The second kappa shape index (κ2) is 6.68. The summed E-state index contributed by atoms with van der Waals surface area (Å²) >= 11 is 0. The Balaban J connectivity index is 1.65. The van der Waals surface area contributed by atoms with Crippen molar-refractivity contribution < 1.29 is 19.1 Å². The number of amides is 1. The highest BCUT2D eigenvalue weighted by Crippen LogP contribution is 2.21. The molecule has 1 aromatic carbocycles. The van der Waals surface area contributed by atoms with Gasteiger partial charge in [0.1, 0.15) is 5.75 Å². The molecular weight excluding hydrogens is 296 g/mol. The van der Waals surface area contributed by atoms with Crippen LogP contribution in [0, 0.1) is 0 Å². The Morgan fingerprint density at radius 3 is 2.26 bits per heavy atom. The Kier molecular flexibility index (Phi) is 4.63. The molecule has 1 amide bonds. The Bertz CT molecular complexity index is 573. The number of carbonyl (C=O) groups is 2. The van der Waals surface area contributed by atoms with E-state index in [2.05, 4.69) is 11.8 Å². The zero-order valence-corrected chi connectivity index (χ0v) is 13.5. The average Bonchev–Trinajstić information content (AvgIpc) is 2.53. The molecule has 2 bridgehead atoms. The van der Waals surface area contributed by atoms with Gasteiger partial charge in [0, 0.05) is 38.7 Å². The molecular formula is C17H22N2O4. The van der Waals surface area contributed by atoms with Crippen molar-refractivity contribution in [3.05, 3.63) is 29.8 Å². The lowest BCUT2D eigenvalue weighted by Gasteiger charge is -2.45. The third-order valence-electron chi connectivity index (χ3n) is 4.25. The first-order valence-electron chi connectivity index (χ1n) is 8.00. The van der Waals surface area contributed by atoms with Crippen molar-refractivity contribution in [3.8, 4) is 5.75 Å². The highest BCUT2D eigenvalue weighted by molar-refractivity contribution is 5.94. The van der Waals surface area contributed by atoms with Gasteiger partial charge >= 0.3 is 5.97 Å². The predicted molar refractivity (Wildman–Crippen MR) is 84.4 cm³/mol. The van der Waals surface area contributed by atoms with Crippen LogP contribution in [0.2, 0.25) is 0 Å². The fourth-order valence-electron chi connectivity index (χ4n) is 3.21. The summed E-state index contributed by atoms with van der Waals surface area (Å²) in [5, 5.41) is 0. The third-order valence-corrected chi connectivity index (χ3v) is 4.25. The van der Waals surface area contributed by atoms with E-state index in [0.29, 0.717) is 24.4 Å². The maximum Gasteiger partial charge on any atom is 0.308 e. The number of hydrogen-bond donors (Lipinski definition) is 0. The summed E-state index contributed by atoms with van der Waals surface area (Å²) in [7, 11) is 0. The molecule has 0 saturated carbocycles. The van der Waals surface area contributed by atoms with Crippen molar-refractivity contribution >= 4 is 11.9 Å². The molecule has 6 nitrogen and oxygen atoms in total. The van der Waals surface area contributed by atoms with Crippen molar-refractivity contribution in [3.63, 3.8) is 0 Å². The first-order valence-corrected chi connectivity index (χ1v) is 8.00. The van der Waals surface area contributed by atoms with Crippen molar-refractivity contribution in [1.29, 1.82) is 0 Å². The molecule has 2 aliphatic rings. The summed E-state index contributed by atoms with van der Waals surface area (Å²) in [6, 6.07) is 6.69. The quantitative estimate of drug-likeness (QED) is 0.618. The summed E-state index contributed by atoms with van der Waals surface area (Å²) in [6.45, 7) is 7.51. The molecule has 2 aliphatic heterocycles. The van der Waals surface area contributed by atoms with E-state index in [1.165, 1.54) is 6.92 Å². The van der Waals surface area contributed by atoms with Crippen LogP contribution in [0.5, 0.6) is 5.75 Å². The van der Waals surface area contributed by atoms with Crippen LogP contribution in [0.25, 0.3) is 0 Å². The molecule has 0 N–H and O–H groups in total. The molecule has 0 radical (unpaired) electrons. The lowest BCUT2D eigenvalue weighted by Crippen LogP contribution is -2.60. The topological polar surface area (TPSA) is 59.1 Å². The molecule has 2 heterocycles. The largest absolute Gasteiger partial charge is 0.427 e. The highest BCUT2D eigenvalue weighted by Gasteiger charge is 2.36. The minimum atomic E-state index is -0.370. The average molecular weight is 318 g/mol. The number of carbonyl (C=O) groups excluding carboxylic acids is 2. The minimum absolute atomic E-state index is 0.00243. The number of esters is 1. The third kappa shape index (κ3) is 3.71. The van der Waals surface area contributed by atoms with Crippen molar-refractivity contribution in [1.82, 2.24) is 9.80 Å². The SMILES string of the molecule is CCN1CC2CN(C(=O)c3ccc(OC(C)=O)cc3)CC(C1)O2. The number of morpholine rings is 2. The molecule has 2 fully saturated rings. The van der Waals surface area contributed by atoms with Crippen LogP contribution in [-0.2, 0) is 9.53 Å². The van der Waals surface area contributed by atoms with Gasteiger partial charge in [-0.25, -0.2) is 0 Å². The molecule has 2 unspecified atom stereocenters. The Morgan fingerprint density at radius 1 is 1.13 bits per heavy atom. The summed E-state index contributed by atoms with van der Waals surface area (Å²) in [5.41, 5.74) is 0.605. The normalized spacial score (nSPS) is 24.3. The number of likely N-dealkylation sites (N-methyl/N-ethyl adjacent to an activating group) is 1. The van der Waals surface area contributed by atoms with Crippen LogP contribution < -0.4 is 4.74 Å². The lowest BCUT2D eigenvalue weighted by atomic mass is 10.1. The standard InChI is InChI=1S/C17H22N2O4/c1-3-18-8-15-10-19(11-16(9-18)23-15)17(21)13-4-6-14(7-5-13)22-12(2)20/h4-7,15-16H,3,8-11H2,1-2H3. The molecule has 124 valence electrons. The van der Waals surface area contributed by atoms with Gasteiger partial charge in [-0.2, -0.15) is 0 Å². The van der Waals surface area contributed by atoms with Crippen LogP contribution >= 0.6 is 0 Å². The molecule has 3 rings (SSSR count). The van der Waals surface area contributed by atoms with E-state index in [1.54, 1.807) is 24.3 Å². The Labute approximate surface area is 136 Å². The van der Waals surface area contributed by atoms with Crippen LogP contribution in [-0.4, -0.2) is 66.6 Å². The highest BCUT2D eigenvalue weighted by atomic mass is 16.5. The van der Waals surface area contributed by atoms with Gasteiger partial charge in [-0.15, -0.1) is 0 Å². The molecule has 0 aromatic heterocycles. The van der Waals surface area contributed by atoms with Gasteiger partial charge < -0.3 is 14.4 Å². The van der Waals surface area contributed by atoms with Gasteiger partial charge in [0.2, 0.25) is 0 Å². The number of ether oxygens (including phenoxy) is 2. The Morgan fingerprint density at radius 2 is 1.74 bits per heavy atom. The fourth-order valence-corrected chi connectivity index (χ4v) is 3.21. The van der Waals surface area contributed by atoms with Gasteiger partial charge in [0.05, 0.1) is 12.2 Å². The molecule has 0 aliphatic carbocycles. The molecule has 0 spiro atoms. The van der Waals surface area contributed by atoms with Crippen molar-refractivity contribution in [2.75, 3.05) is 32.7 Å². The second-order valence-corrected chi connectivity index (χ2v) is 6.06. The zero-order valence-electron chi connectivity index (χ0n) is 13.5. The first-order chi connectivity index (χ1) is 11.0. The summed E-state index contributed by atoms with van der Waals surface area (Å²) in [5.74, 6) is 0.0830. The van der Waals surface area contributed by atoms with Crippen LogP contribution in [0.1, 0.15) is 24.2 Å². The van der Waals surface area contributed by atoms with E-state index in [1.807, 2.05) is 4.90 Å². The molecule has 2 saturated heterocycles. The van der Waals surface area contributed by atoms with Gasteiger partial charge in [0.15, 0.2) is 0 Å². The Hall–Kier alpha value is -1.92. The number of benzene rings is 1. The molecule has 1 aromatic rings. The summed E-state index contributed by atoms with van der Waals surface area (Å²) in [4.78, 5) is 27.8. The fraction of sp³-hybridized carbons (Fsp3) is 0.529. The van der Waals surface area contributed by atoms with E-state index in [4.69, 9.17) is 9.47 Å². The number of rotatable bonds is 3. The van der Waals surface area contributed by atoms with Gasteiger partial charge in [0.25, 0.3) is 5.91 Å². The minimum Gasteiger partial charge on any atom is -0.427 e. The van der Waals surface area contributed by atoms with Crippen LogP contribution in [0.4, 0.5) is 0 Å². The monoisotopic (exact) mass is 318 g/mol. The van der Waals surface area contributed by atoms with Gasteiger partial charge in [-0.05, 0) is 30.8 Å². The van der Waals surface area contributed by atoms with Crippen molar-refractivity contribution in [2.24, 2.45) is 0 Å². The van der Waals surface area contributed by atoms with E-state index < -0.39 is 0 Å². The molecule has 6 heteroatoms. The predicted octanol–water partition coefficient (Wildman–Crippen LogP) is 1.16. The van der Waals surface area contributed by atoms with E-state index >= 15 is 0 Å². The summed E-state index contributed by atoms with van der Waals surface area (Å²) in [6.07, 6.45) is 0.179. The number of fused-ring (bicyclic) bond motifs is 2. The van der Waals surface area contributed by atoms with E-state index in [0.717, 1.165) is 19.6 Å². The number of nitrogens with zero attached hydrogens (tertiary/aromatic N) is 2. The van der Waals surface area contributed by atoms with Crippen molar-refractivity contribution in [2.45, 2.75) is 26.1 Å². The maximum atomic E-state index is 12.7. The molecule has 23 heavy (non-hydrogen) atoms. The smallest absolute Gasteiger partial charge is 0.308 e. The molecule has 2 atom stereocenters. The maximum absolute atomic E-state index is 12.7. The van der Waals surface area contributed by atoms with E-state index in [-0.39, 0.29) is 24.1 Å². The lowest BCUT2D eigenvalue weighted by molar-refractivity contribution is -0.131. The van der Waals surface area contributed by atoms with Crippen LogP contribution in [0.15, 0.2) is 24.3 Å². The first kappa shape index (κ1) is 16.0. The van der Waals surface area contributed by atoms with E-state index in [9.17, 15) is 9.59 Å². The summed E-state index contributed by atoms with van der Waals surface area (Å²) < 4.78 is 10.9. The van der Waals surface area contributed by atoms with Crippen LogP contribution in [0.3, 0.4) is 0 Å². The number of hydrogen-bond acceptors (Lipinski definition) is 5. The van der Waals surface area contributed by atoms with Gasteiger partial charge in [-0.1, -0.05) is 6.92 Å². The zero-order chi connectivity index (χ0) is 16.4. The second-order valence-electron chi connectivity index (χ2n) is 6.06.